The Hall–Kier alpha value is -3.98. The van der Waals surface area contributed by atoms with Gasteiger partial charge in [0.25, 0.3) is 0 Å². The zero-order valence-corrected chi connectivity index (χ0v) is 20.4. The molecule has 184 valence electrons. The van der Waals surface area contributed by atoms with E-state index in [0.717, 1.165) is 29.9 Å². The van der Waals surface area contributed by atoms with Crippen molar-refractivity contribution in [1.29, 1.82) is 0 Å². The van der Waals surface area contributed by atoms with Crippen molar-refractivity contribution in [2.75, 3.05) is 29.9 Å². The molecule has 36 heavy (non-hydrogen) atoms. The summed E-state index contributed by atoms with van der Waals surface area (Å²) in [5.41, 5.74) is 2.70. The zero-order chi connectivity index (χ0) is 24.9. The summed E-state index contributed by atoms with van der Waals surface area (Å²) >= 11 is 5.94. The second kappa shape index (κ2) is 10.7. The first kappa shape index (κ1) is 23.7. The summed E-state index contributed by atoms with van der Waals surface area (Å²) in [6.07, 6.45) is 4.32. The number of benzene rings is 2. The molecule has 2 amide bonds. The molecular formula is C26H26ClN7O2. The lowest BCUT2D eigenvalue weighted by Crippen LogP contribution is -2.35. The molecule has 0 saturated carbocycles. The summed E-state index contributed by atoms with van der Waals surface area (Å²) in [6, 6.07) is 17.3. The molecule has 0 radical (unpaired) electrons. The smallest absolute Gasteiger partial charge is 0.227 e. The molecule has 2 aromatic heterocycles. The van der Waals surface area contributed by atoms with Gasteiger partial charge < -0.3 is 15.5 Å². The molecule has 1 unspecified atom stereocenters. The average Bonchev–Trinajstić information content (AvgIpc) is 3.49. The summed E-state index contributed by atoms with van der Waals surface area (Å²) in [7, 11) is 0. The van der Waals surface area contributed by atoms with Gasteiger partial charge in [0.15, 0.2) is 5.65 Å². The molecule has 5 rings (SSSR count). The minimum Gasteiger partial charge on any atom is -0.369 e. The summed E-state index contributed by atoms with van der Waals surface area (Å²) in [6.45, 7) is 1.92. The van der Waals surface area contributed by atoms with Gasteiger partial charge in [0.05, 0.1) is 24.0 Å². The number of carbonyl (C=O) groups excluding carboxylic acids is 2. The van der Waals surface area contributed by atoms with Gasteiger partial charge in [-0.1, -0.05) is 41.9 Å². The van der Waals surface area contributed by atoms with E-state index < -0.39 is 5.92 Å². The van der Waals surface area contributed by atoms with Crippen LogP contribution in [0.5, 0.6) is 0 Å². The maximum atomic E-state index is 12.7. The predicted octanol–water partition coefficient (Wildman–Crippen LogP) is 3.30. The predicted molar refractivity (Wildman–Crippen MR) is 139 cm³/mol. The van der Waals surface area contributed by atoms with Crippen LogP contribution in [0.4, 0.5) is 11.5 Å². The van der Waals surface area contributed by atoms with Crippen LogP contribution in [-0.2, 0) is 22.6 Å². The molecule has 2 aromatic carbocycles. The fourth-order valence-electron chi connectivity index (χ4n) is 4.35. The molecule has 0 aliphatic carbocycles. The Morgan fingerprint density at radius 3 is 2.67 bits per heavy atom. The van der Waals surface area contributed by atoms with Crippen LogP contribution in [0.15, 0.2) is 67.1 Å². The summed E-state index contributed by atoms with van der Waals surface area (Å²) < 4.78 is 1.75. The minimum atomic E-state index is -0.398. The van der Waals surface area contributed by atoms with Gasteiger partial charge in [-0.15, -0.1) is 0 Å². The van der Waals surface area contributed by atoms with Gasteiger partial charge >= 0.3 is 0 Å². The Morgan fingerprint density at radius 2 is 1.86 bits per heavy atom. The van der Waals surface area contributed by atoms with Crippen molar-refractivity contribution in [3.05, 3.63) is 77.7 Å². The third kappa shape index (κ3) is 5.31. The first-order valence-corrected chi connectivity index (χ1v) is 12.2. The number of aromatic nitrogens is 4. The molecule has 0 bridgehead atoms. The Morgan fingerprint density at radius 1 is 1.06 bits per heavy atom. The number of anilines is 2. The number of rotatable bonds is 9. The largest absolute Gasteiger partial charge is 0.369 e. The third-order valence-corrected chi connectivity index (χ3v) is 6.49. The summed E-state index contributed by atoms with van der Waals surface area (Å²) in [5, 5.41) is 12.2. The fourth-order valence-corrected chi connectivity index (χ4v) is 4.48. The van der Waals surface area contributed by atoms with E-state index in [1.807, 2.05) is 18.2 Å². The number of fused-ring (bicyclic) bond motifs is 1. The van der Waals surface area contributed by atoms with Gasteiger partial charge in [-0.3, -0.25) is 9.59 Å². The highest BCUT2D eigenvalue weighted by atomic mass is 35.5. The average molecular weight is 504 g/mol. The van der Waals surface area contributed by atoms with E-state index in [0.29, 0.717) is 30.3 Å². The lowest BCUT2D eigenvalue weighted by Gasteiger charge is -2.16. The highest BCUT2D eigenvalue weighted by Crippen LogP contribution is 2.26. The highest BCUT2D eigenvalue weighted by Gasteiger charge is 2.34. The van der Waals surface area contributed by atoms with Gasteiger partial charge in [0.2, 0.25) is 11.8 Å². The second-order valence-corrected chi connectivity index (χ2v) is 9.10. The molecule has 10 heteroatoms. The molecule has 0 spiro atoms. The number of carbonyl (C=O) groups is 2. The number of hydrogen-bond acceptors (Lipinski definition) is 6. The number of hydrogen-bond donors (Lipinski definition) is 2. The molecule has 1 saturated heterocycles. The van der Waals surface area contributed by atoms with Crippen LogP contribution in [0.2, 0.25) is 5.02 Å². The standard InChI is InChI=1S/C26H26ClN7O2/c27-20-6-8-21(9-7-20)33-16-19(14-23(33)35)26(36)29-12-13-34-25-22(15-32-34)24(30-17-31-25)28-11-10-18-4-2-1-3-5-18/h1-9,15,17,19H,10-14,16H2,(H,29,36)(H,28,30,31). The molecule has 4 aromatic rings. The number of nitrogens with zero attached hydrogens (tertiary/aromatic N) is 5. The quantitative estimate of drug-likeness (QED) is 0.363. The van der Waals surface area contributed by atoms with E-state index in [1.54, 1.807) is 40.0 Å². The van der Waals surface area contributed by atoms with Crippen LogP contribution in [0.25, 0.3) is 11.0 Å². The van der Waals surface area contributed by atoms with Gasteiger partial charge in [-0.25, -0.2) is 14.6 Å². The van der Waals surface area contributed by atoms with E-state index in [4.69, 9.17) is 11.6 Å². The van der Waals surface area contributed by atoms with E-state index in [1.165, 1.54) is 11.9 Å². The van der Waals surface area contributed by atoms with Gasteiger partial charge in [0.1, 0.15) is 12.1 Å². The minimum absolute atomic E-state index is 0.0699. The van der Waals surface area contributed by atoms with E-state index in [2.05, 4.69) is 37.8 Å². The summed E-state index contributed by atoms with van der Waals surface area (Å²) in [4.78, 5) is 35.6. The second-order valence-electron chi connectivity index (χ2n) is 8.66. The number of nitrogens with one attached hydrogen (secondary N) is 2. The molecule has 1 aliphatic heterocycles. The topological polar surface area (TPSA) is 105 Å². The van der Waals surface area contributed by atoms with Crippen molar-refractivity contribution in [3.63, 3.8) is 0 Å². The van der Waals surface area contributed by atoms with Gasteiger partial charge in [-0.05, 0) is 36.2 Å². The van der Waals surface area contributed by atoms with E-state index in [9.17, 15) is 9.59 Å². The molecule has 1 aliphatic rings. The SMILES string of the molecule is O=C(NCCn1ncc2c(NCCc3ccccc3)ncnc21)C1CC(=O)N(c2ccc(Cl)cc2)C1. The highest BCUT2D eigenvalue weighted by molar-refractivity contribution is 6.30. The monoisotopic (exact) mass is 503 g/mol. The maximum Gasteiger partial charge on any atom is 0.227 e. The molecule has 9 nitrogen and oxygen atoms in total. The zero-order valence-electron chi connectivity index (χ0n) is 19.6. The van der Waals surface area contributed by atoms with E-state index in [-0.39, 0.29) is 18.2 Å². The van der Waals surface area contributed by atoms with E-state index >= 15 is 0 Å². The van der Waals surface area contributed by atoms with Crippen LogP contribution >= 0.6 is 11.6 Å². The van der Waals surface area contributed by atoms with Crippen molar-refractivity contribution in [1.82, 2.24) is 25.1 Å². The van der Waals surface area contributed by atoms with Gasteiger partial charge in [0, 0.05) is 36.8 Å². The molecular weight excluding hydrogens is 478 g/mol. The molecule has 1 atom stereocenters. The Balaban J connectivity index is 1.14. The lowest BCUT2D eigenvalue weighted by atomic mass is 10.1. The van der Waals surface area contributed by atoms with Crippen LogP contribution in [0.3, 0.4) is 0 Å². The van der Waals surface area contributed by atoms with Crippen molar-refractivity contribution in [3.8, 4) is 0 Å². The molecule has 3 heterocycles. The van der Waals surface area contributed by atoms with Crippen molar-refractivity contribution < 1.29 is 9.59 Å². The first-order valence-electron chi connectivity index (χ1n) is 11.9. The van der Waals surface area contributed by atoms with Crippen LogP contribution < -0.4 is 15.5 Å². The Labute approximate surface area is 213 Å². The fraction of sp³-hybridized carbons (Fsp3) is 0.269. The third-order valence-electron chi connectivity index (χ3n) is 6.24. The summed E-state index contributed by atoms with van der Waals surface area (Å²) in [5.74, 6) is 0.122. The Kier molecular flexibility index (Phi) is 7.08. The van der Waals surface area contributed by atoms with Crippen molar-refractivity contribution >= 4 is 46.0 Å². The normalized spacial score (nSPS) is 15.4. The van der Waals surface area contributed by atoms with Crippen LogP contribution in [-0.4, -0.2) is 51.2 Å². The van der Waals surface area contributed by atoms with Crippen LogP contribution in [0.1, 0.15) is 12.0 Å². The van der Waals surface area contributed by atoms with Gasteiger partial charge in [-0.2, -0.15) is 5.10 Å². The van der Waals surface area contributed by atoms with Crippen molar-refractivity contribution in [2.45, 2.75) is 19.4 Å². The van der Waals surface area contributed by atoms with Crippen LogP contribution in [0, 0.1) is 5.92 Å². The molecule has 2 N–H and O–H groups in total. The Bertz CT molecular complexity index is 1360. The molecule has 1 fully saturated rings. The number of halogens is 1. The number of amides is 2. The first-order chi connectivity index (χ1) is 17.6. The maximum absolute atomic E-state index is 12.7. The van der Waals surface area contributed by atoms with Crippen molar-refractivity contribution in [2.24, 2.45) is 5.92 Å². The lowest BCUT2D eigenvalue weighted by molar-refractivity contribution is -0.126.